The van der Waals surface area contributed by atoms with Crippen LogP contribution in [0, 0.1) is 12.3 Å². The number of nitrogens with zero attached hydrogens (tertiary/aromatic N) is 3. The van der Waals surface area contributed by atoms with Gasteiger partial charge in [0.2, 0.25) is 0 Å². The molecule has 30 heavy (non-hydrogen) atoms. The molecule has 4 rings (SSSR count). The Morgan fingerprint density at radius 2 is 1.87 bits per heavy atom. The number of ether oxygens (including phenoxy) is 1. The first kappa shape index (κ1) is 19.6. The number of halogens is 1. The predicted octanol–water partition coefficient (Wildman–Crippen LogP) is 4.72. The van der Waals surface area contributed by atoms with Crippen LogP contribution in [-0.2, 0) is 0 Å². The van der Waals surface area contributed by atoms with Crippen molar-refractivity contribution in [2.45, 2.75) is 0 Å². The number of hydrogen-bond acceptors (Lipinski definition) is 4. The van der Waals surface area contributed by atoms with E-state index in [0.29, 0.717) is 22.5 Å². The smallest absolute Gasteiger partial charge is 0.282 e. The number of rotatable bonds is 5. The highest BCUT2D eigenvalue weighted by molar-refractivity contribution is 9.10. The van der Waals surface area contributed by atoms with Gasteiger partial charge in [-0.1, -0.05) is 48.4 Å². The summed E-state index contributed by atoms with van der Waals surface area (Å²) in [4.78, 5) is 17.8. The Hall–Kier alpha value is -3.69. The second kappa shape index (κ2) is 8.76. The molecular weight excluding hydrogens is 442 g/mol. The van der Waals surface area contributed by atoms with Crippen LogP contribution in [0.1, 0.15) is 5.56 Å². The van der Waals surface area contributed by atoms with Crippen LogP contribution >= 0.6 is 15.9 Å². The zero-order chi connectivity index (χ0) is 20.9. The molecule has 0 spiro atoms. The van der Waals surface area contributed by atoms with Crippen LogP contribution in [0.4, 0.5) is 0 Å². The van der Waals surface area contributed by atoms with Gasteiger partial charge in [-0.25, -0.2) is 4.98 Å². The summed E-state index contributed by atoms with van der Waals surface area (Å²) in [5.74, 6) is 3.55. The van der Waals surface area contributed by atoms with Gasteiger partial charge in [0.1, 0.15) is 12.4 Å². The maximum absolute atomic E-state index is 13.1. The van der Waals surface area contributed by atoms with E-state index >= 15 is 0 Å². The van der Waals surface area contributed by atoms with Crippen molar-refractivity contribution in [1.82, 2.24) is 9.66 Å². The highest BCUT2D eigenvalue weighted by atomic mass is 79.9. The number of terminal acetylenes is 1. The van der Waals surface area contributed by atoms with Crippen molar-refractivity contribution < 1.29 is 4.74 Å². The lowest BCUT2D eigenvalue weighted by atomic mass is 10.2. The molecule has 146 valence electrons. The van der Waals surface area contributed by atoms with E-state index in [1.165, 1.54) is 4.68 Å². The second-order valence-electron chi connectivity index (χ2n) is 6.36. The van der Waals surface area contributed by atoms with Gasteiger partial charge in [0.15, 0.2) is 5.82 Å². The van der Waals surface area contributed by atoms with Gasteiger partial charge in [-0.05, 0) is 51.8 Å². The number of para-hydroxylation sites is 1. The third-order valence-corrected chi connectivity index (χ3v) is 4.99. The average molecular weight is 458 g/mol. The number of benzene rings is 3. The lowest BCUT2D eigenvalue weighted by Gasteiger charge is -2.09. The first-order valence-electron chi connectivity index (χ1n) is 9.15. The minimum Gasteiger partial charge on any atom is -0.480 e. The molecule has 0 bridgehead atoms. The lowest BCUT2D eigenvalue weighted by Crippen LogP contribution is -2.20. The van der Waals surface area contributed by atoms with E-state index in [2.05, 4.69) is 31.9 Å². The maximum atomic E-state index is 13.1. The van der Waals surface area contributed by atoms with E-state index in [9.17, 15) is 4.79 Å². The predicted molar refractivity (Wildman–Crippen MR) is 123 cm³/mol. The highest BCUT2D eigenvalue weighted by Gasteiger charge is 2.12. The second-order valence-corrected chi connectivity index (χ2v) is 7.22. The highest BCUT2D eigenvalue weighted by Crippen LogP contribution is 2.25. The molecule has 0 saturated carbocycles. The molecule has 1 aromatic heterocycles. The quantitative estimate of drug-likeness (QED) is 0.321. The lowest BCUT2D eigenvalue weighted by molar-refractivity contribution is 0.368. The molecule has 1 heterocycles. The van der Waals surface area contributed by atoms with E-state index < -0.39 is 0 Å². The van der Waals surface area contributed by atoms with E-state index in [1.54, 1.807) is 18.3 Å². The Morgan fingerprint density at radius 3 is 2.63 bits per heavy atom. The first-order valence-corrected chi connectivity index (χ1v) is 9.94. The van der Waals surface area contributed by atoms with Crippen molar-refractivity contribution in [2.75, 3.05) is 6.61 Å². The summed E-state index contributed by atoms with van der Waals surface area (Å²) in [5.41, 5.74) is 1.99. The first-order chi connectivity index (χ1) is 14.7. The SMILES string of the molecule is C#CCOc1ccc(C=Nn2c(-c3ccccc3)nc3ccccc3c2=O)cc1Br. The summed E-state index contributed by atoms with van der Waals surface area (Å²) in [6.45, 7) is 0.185. The van der Waals surface area contributed by atoms with E-state index in [0.717, 1.165) is 15.6 Å². The van der Waals surface area contributed by atoms with Crippen LogP contribution in [0.15, 0.2) is 87.2 Å². The van der Waals surface area contributed by atoms with Crippen LogP contribution < -0.4 is 10.3 Å². The Morgan fingerprint density at radius 1 is 1.10 bits per heavy atom. The van der Waals surface area contributed by atoms with Crippen LogP contribution in [0.5, 0.6) is 5.75 Å². The summed E-state index contributed by atoms with van der Waals surface area (Å²) in [7, 11) is 0. The summed E-state index contributed by atoms with van der Waals surface area (Å²) in [6.07, 6.45) is 6.85. The van der Waals surface area contributed by atoms with Crippen molar-refractivity contribution in [2.24, 2.45) is 5.10 Å². The molecule has 0 fully saturated rings. The van der Waals surface area contributed by atoms with E-state index in [4.69, 9.17) is 11.2 Å². The van der Waals surface area contributed by atoms with Crippen molar-refractivity contribution in [1.29, 1.82) is 0 Å². The van der Waals surface area contributed by atoms with E-state index in [1.807, 2.05) is 60.7 Å². The van der Waals surface area contributed by atoms with E-state index in [-0.39, 0.29) is 12.2 Å². The Bertz CT molecular complexity index is 1340. The fourth-order valence-corrected chi connectivity index (χ4v) is 3.47. The van der Waals surface area contributed by atoms with Crippen molar-refractivity contribution in [3.05, 3.63) is 93.2 Å². The van der Waals surface area contributed by atoms with Gasteiger partial charge in [0.25, 0.3) is 5.56 Å². The molecule has 0 saturated heterocycles. The molecule has 0 N–H and O–H groups in total. The summed E-state index contributed by atoms with van der Waals surface area (Å²) in [5, 5.41) is 4.97. The zero-order valence-electron chi connectivity index (χ0n) is 15.8. The van der Waals surface area contributed by atoms with Gasteiger partial charge < -0.3 is 4.74 Å². The third kappa shape index (κ3) is 4.02. The third-order valence-electron chi connectivity index (χ3n) is 4.38. The monoisotopic (exact) mass is 457 g/mol. The van der Waals surface area contributed by atoms with Crippen LogP contribution in [0.25, 0.3) is 22.3 Å². The standard InChI is InChI=1S/C24H16BrN3O2/c1-2-14-30-22-13-12-17(15-20(22)25)16-26-28-23(18-8-4-3-5-9-18)27-21-11-7-6-10-19(21)24(28)29/h1,3-13,15-16H,14H2. The topological polar surface area (TPSA) is 56.5 Å². The fourth-order valence-electron chi connectivity index (χ4n) is 2.96. The molecule has 6 heteroatoms. The Balaban J connectivity index is 1.80. The van der Waals surface area contributed by atoms with Gasteiger partial charge in [-0.2, -0.15) is 9.78 Å². The van der Waals surface area contributed by atoms with Gasteiger partial charge in [-0.3, -0.25) is 4.79 Å². The summed E-state index contributed by atoms with van der Waals surface area (Å²) >= 11 is 3.47. The largest absolute Gasteiger partial charge is 0.480 e. The van der Waals surface area contributed by atoms with Gasteiger partial charge in [-0.15, -0.1) is 6.42 Å². The molecule has 4 aromatic rings. The normalized spacial score (nSPS) is 10.9. The molecular formula is C24H16BrN3O2. The van der Waals surface area contributed by atoms with Crippen molar-refractivity contribution >= 4 is 33.0 Å². The van der Waals surface area contributed by atoms with Gasteiger partial charge >= 0.3 is 0 Å². The molecule has 0 aliphatic rings. The molecule has 0 aliphatic heterocycles. The van der Waals surface area contributed by atoms with Crippen LogP contribution in [0.3, 0.4) is 0 Å². The van der Waals surface area contributed by atoms with Crippen LogP contribution in [0.2, 0.25) is 0 Å². The molecule has 5 nitrogen and oxygen atoms in total. The molecule has 3 aromatic carbocycles. The van der Waals surface area contributed by atoms with Crippen LogP contribution in [-0.4, -0.2) is 22.5 Å². The van der Waals surface area contributed by atoms with Crippen molar-refractivity contribution in [3.63, 3.8) is 0 Å². The molecule has 0 unspecified atom stereocenters. The molecule has 0 amide bonds. The molecule has 0 aliphatic carbocycles. The Kier molecular flexibility index (Phi) is 5.73. The zero-order valence-corrected chi connectivity index (χ0v) is 17.4. The van der Waals surface area contributed by atoms with Gasteiger partial charge in [0, 0.05) is 5.56 Å². The summed E-state index contributed by atoms with van der Waals surface area (Å²) in [6, 6.07) is 22.2. The summed E-state index contributed by atoms with van der Waals surface area (Å²) < 4.78 is 7.53. The molecule has 0 atom stereocenters. The number of hydrogen-bond donors (Lipinski definition) is 0. The van der Waals surface area contributed by atoms with Gasteiger partial charge in [0.05, 0.1) is 21.6 Å². The maximum Gasteiger partial charge on any atom is 0.282 e. The fraction of sp³-hybridized carbons (Fsp3) is 0.0417. The minimum atomic E-state index is -0.233. The number of fused-ring (bicyclic) bond motifs is 1. The van der Waals surface area contributed by atoms with Crippen molar-refractivity contribution in [3.8, 4) is 29.5 Å². The number of aromatic nitrogens is 2. The Labute approximate surface area is 181 Å². The minimum absolute atomic E-state index is 0.185. The average Bonchev–Trinajstić information content (AvgIpc) is 2.78. The molecule has 0 radical (unpaired) electrons.